The maximum atomic E-state index is 14.0. The molecule has 0 N–H and O–H groups in total. The predicted octanol–water partition coefficient (Wildman–Crippen LogP) is 5.67. The van der Waals surface area contributed by atoms with Gasteiger partial charge in [-0.05, 0) is 82.4 Å². The second-order valence-electron chi connectivity index (χ2n) is 13.3. The molecule has 5 rings (SSSR count). The molecule has 4 aliphatic rings. The average Bonchev–Trinajstić information content (AvgIpc) is 3.47. The standard InChI is InChI=1S/C31H46FN3O3/c1-22(2)34-18-26(23-10-12-25(32)13-11-23)27(19-34)28(36)33-16-14-31(15-17-33,24-8-6-5-7-9-24)20-35-29(37)38-21-30(35,3)4/h10-13,22,24,26-27H,5-9,14-21H2,1-4H3. The minimum atomic E-state index is -0.293. The van der Waals surface area contributed by atoms with Crippen LogP contribution in [0.15, 0.2) is 24.3 Å². The van der Waals surface area contributed by atoms with Crippen LogP contribution >= 0.6 is 0 Å². The molecule has 2 amide bonds. The van der Waals surface area contributed by atoms with E-state index in [4.69, 9.17) is 4.74 Å². The van der Waals surface area contributed by atoms with Crippen LogP contribution in [0.1, 0.15) is 84.1 Å². The molecule has 7 heteroatoms. The molecule has 2 atom stereocenters. The largest absolute Gasteiger partial charge is 0.447 e. The number of piperidine rings is 1. The monoisotopic (exact) mass is 527 g/mol. The zero-order valence-corrected chi connectivity index (χ0v) is 23.8. The van der Waals surface area contributed by atoms with Crippen LogP contribution in [0.2, 0.25) is 0 Å². The lowest BCUT2D eigenvalue weighted by Gasteiger charge is -2.51. The zero-order chi connectivity index (χ0) is 27.1. The first kappa shape index (κ1) is 27.4. The minimum absolute atomic E-state index is 0.0355. The van der Waals surface area contributed by atoms with Crippen LogP contribution in [0.5, 0.6) is 0 Å². The Morgan fingerprint density at radius 3 is 2.29 bits per heavy atom. The number of halogens is 1. The summed E-state index contributed by atoms with van der Waals surface area (Å²) < 4.78 is 19.1. The van der Waals surface area contributed by atoms with Crippen LogP contribution in [0, 0.1) is 23.1 Å². The van der Waals surface area contributed by atoms with Gasteiger partial charge in [0.1, 0.15) is 12.4 Å². The van der Waals surface area contributed by atoms with Crippen LogP contribution in [0.4, 0.5) is 9.18 Å². The third kappa shape index (κ3) is 5.32. The number of nitrogens with zero attached hydrogens (tertiary/aromatic N) is 3. The molecule has 1 aromatic carbocycles. The molecular formula is C31H46FN3O3. The van der Waals surface area contributed by atoms with Gasteiger partial charge in [0, 0.05) is 44.7 Å². The second kappa shape index (κ2) is 10.8. The van der Waals surface area contributed by atoms with E-state index in [1.54, 1.807) is 0 Å². The molecule has 0 bridgehead atoms. The fraction of sp³-hybridized carbons (Fsp3) is 0.742. The van der Waals surface area contributed by atoms with E-state index < -0.39 is 0 Å². The van der Waals surface area contributed by atoms with E-state index in [0.29, 0.717) is 18.6 Å². The third-order valence-electron chi connectivity index (χ3n) is 10.2. The van der Waals surface area contributed by atoms with Gasteiger partial charge in [0.15, 0.2) is 0 Å². The van der Waals surface area contributed by atoms with Crippen LogP contribution in [0.3, 0.4) is 0 Å². The minimum Gasteiger partial charge on any atom is -0.447 e. The average molecular weight is 528 g/mol. The number of hydrogen-bond acceptors (Lipinski definition) is 4. The van der Waals surface area contributed by atoms with Crippen molar-refractivity contribution >= 4 is 12.0 Å². The van der Waals surface area contributed by atoms with Crippen LogP contribution < -0.4 is 0 Å². The Morgan fingerprint density at radius 1 is 1.05 bits per heavy atom. The number of hydrogen-bond donors (Lipinski definition) is 0. The van der Waals surface area contributed by atoms with Gasteiger partial charge in [0.05, 0.1) is 11.5 Å². The first-order valence-electron chi connectivity index (χ1n) is 14.8. The Hall–Kier alpha value is -2.15. The number of ether oxygens (including phenoxy) is 1. The van der Waals surface area contributed by atoms with Crippen LogP contribution in [0.25, 0.3) is 0 Å². The lowest BCUT2D eigenvalue weighted by molar-refractivity contribution is -0.139. The highest BCUT2D eigenvalue weighted by atomic mass is 19.1. The summed E-state index contributed by atoms with van der Waals surface area (Å²) in [5.41, 5.74) is 0.794. The Balaban J connectivity index is 1.33. The van der Waals surface area contributed by atoms with Gasteiger partial charge >= 0.3 is 6.09 Å². The molecule has 3 heterocycles. The Labute approximate surface area is 227 Å². The van der Waals surface area contributed by atoms with E-state index in [-0.39, 0.29) is 40.6 Å². The highest BCUT2D eigenvalue weighted by Crippen LogP contribution is 2.48. The van der Waals surface area contributed by atoms with Gasteiger partial charge in [-0.2, -0.15) is 0 Å². The number of carbonyl (C=O) groups excluding carboxylic acids is 2. The Morgan fingerprint density at radius 2 is 1.71 bits per heavy atom. The molecule has 2 unspecified atom stereocenters. The zero-order valence-electron chi connectivity index (χ0n) is 23.8. The first-order chi connectivity index (χ1) is 18.1. The fourth-order valence-electron chi connectivity index (χ4n) is 7.61. The smallest absolute Gasteiger partial charge is 0.410 e. The number of carbonyl (C=O) groups is 2. The van der Waals surface area contributed by atoms with Gasteiger partial charge < -0.3 is 9.64 Å². The maximum absolute atomic E-state index is 14.0. The molecular weight excluding hydrogens is 481 g/mol. The molecule has 0 radical (unpaired) electrons. The molecule has 6 nitrogen and oxygen atoms in total. The van der Waals surface area contributed by atoms with Crippen molar-refractivity contribution in [2.45, 2.75) is 90.1 Å². The molecule has 38 heavy (non-hydrogen) atoms. The highest BCUT2D eigenvalue weighted by molar-refractivity contribution is 5.81. The van der Waals surface area contributed by atoms with Crippen molar-refractivity contribution in [2.75, 3.05) is 39.3 Å². The summed E-state index contributed by atoms with van der Waals surface area (Å²) in [6, 6.07) is 7.09. The Bertz CT molecular complexity index is 996. The molecule has 210 valence electrons. The lowest BCUT2D eigenvalue weighted by Crippen LogP contribution is -2.55. The van der Waals surface area contributed by atoms with E-state index in [1.165, 1.54) is 44.2 Å². The molecule has 4 fully saturated rings. The van der Waals surface area contributed by atoms with Gasteiger partial charge in [-0.25, -0.2) is 9.18 Å². The maximum Gasteiger partial charge on any atom is 0.410 e. The molecule has 3 aliphatic heterocycles. The van der Waals surface area contributed by atoms with Crippen molar-refractivity contribution in [1.29, 1.82) is 0 Å². The van der Waals surface area contributed by atoms with E-state index in [9.17, 15) is 14.0 Å². The summed E-state index contributed by atoms with van der Waals surface area (Å²) in [7, 11) is 0. The van der Waals surface area contributed by atoms with Crippen molar-refractivity contribution in [3.8, 4) is 0 Å². The number of amides is 2. The highest BCUT2D eigenvalue weighted by Gasteiger charge is 2.50. The number of likely N-dealkylation sites (tertiary alicyclic amines) is 2. The SMILES string of the molecule is CC(C)N1CC(C(=O)N2CCC(CN3C(=O)OCC3(C)C)(C3CCCCC3)CC2)C(c2ccc(F)cc2)C1. The topological polar surface area (TPSA) is 53.1 Å². The van der Waals surface area contributed by atoms with Crippen molar-refractivity contribution in [3.05, 3.63) is 35.6 Å². The second-order valence-corrected chi connectivity index (χ2v) is 13.3. The molecule has 1 saturated carbocycles. The summed E-state index contributed by atoms with van der Waals surface area (Å²) in [4.78, 5) is 33.2. The first-order valence-corrected chi connectivity index (χ1v) is 14.8. The van der Waals surface area contributed by atoms with Crippen LogP contribution in [-0.4, -0.2) is 77.6 Å². The summed E-state index contributed by atoms with van der Waals surface area (Å²) >= 11 is 0. The molecule has 3 saturated heterocycles. The third-order valence-corrected chi connectivity index (χ3v) is 10.2. The number of cyclic esters (lactones) is 1. The molecule has 1 aliphatic carbocycles. The van der Waals surface area contributed by atoms with Gasteiger partial charge in [-0.15, -0.1) is 0 Å². The summed E-state index contributed by atoms with van der Waals surface area (Å²) in [5.74, 6) is 0.553. The van der Waals surface area contributed by atoms with E-state index in [0.717, 1.165) is 51.1 Å². The Kier molecular flexibility index (Phi) is 7.78. The van der Waals surface area contributed by atoms with Gasteiger partial charge in [0.25, 0.3) is 0 Å². The normalized spacial score (nSPS) is 28.2. The summed E-state index contributed by atoms with van der Waals surface area (Å²) in [6.45, 7) is 12.8. The summed E-state index contributed by atoms with van der Waals surface area (Å²) in [6.07, 6.45) is 7.94. The number of benzene rings is 1. The quantitative estimate of drug-likeness (QED) is 0.478. The van der Waals surface area contributed by atoms with Crippen molar-refractivity contribution in [2.24, 2.45) is 17.3 Å². The van der Waals surface area contributed by atoms with E-state index in [1.807, 2.05) is 17.0 Å². The fourth-order valence-corrected chi connectivity index (χ4v) is 7.61. The van der Waals surface area contributed by atoms with Gasteiger partial charge in [-0.1, -0.05) is 31.4 Å². The molecule has 0 aromatic heterocycles. The van der Waals surface area contributed by atoms with E-state index in [2.05, 4.69) is 37.5 Å². The number of rotatable bonds is 6. The summed E-state index contributed by atoms with van der Waals surface area (Å²) in [5, 5.41) is 0. The molecule has 0 spiro atoms. The lowest BCUT2D eigenvalue weighted by atomic mass is 9.63. The van der Waals surface area contributed by atoms with Gasteiger partial charge in [0.2, 0.25) is 5.91 Å². The van der Waals surface area contributed by atoms with Crippen molar-refractivity contribution in [1.82, 2.24) is 14.7 Å². The predicted molar refractivity (Wildman–Crippen MR) is 146 cm³/mol. The van der Waals surface area contributed by atoms with Crippen LogP contribution in [-0.2, 0) is 9.53 Å². The van der Waals surface area contributed by atoms with E-state index >= 15 is 0 Å². The van der Waals surface area contributed by atoms with Crippen molar-refractivity contribution < 1.29 is 18.7 Å². The van der Waals surface area contributed by atoms with Crippen molar-refractivity contribution in [3.63, 3.8) is 0 Å². The molecule has 1 aromatic rings. The van der Waals surface area contributed by atoms with Gasteiger partial charge in [-0.3, -0.25) is 14.6 Å².